The van der Waals surface area contributed by atoms with Crippen molar-refractivity contribution in [1.29, 1.82) is 0 Å². The summed E-state index contributed by atoms with van der Waals surface area (Å²) in [6.07, 6.45) is 0.435. The molecule has 2 heterocycles. The van der Waals surface area contributed by atoms with Crippen molar-refractivity contribution >= 4 is 17.8 Å². The maximum atomic E-state index is 14.6. The fourth-order valence-electron chi connectivity index (χ4n) is 4.76. The normalized spacial score (nSPS) is 11.8. The molecule has 0 N–H and O–H groups in total. The van der Waals surface area contributed by atoms with Gasteiger partial charge in [-0.3, -0.25) is 24.2 Å². The van der Waals surface area contributed by atoms with Crippen LogP contribution in [0.5, 0.6) is 0 Å². The number of hydrogen-bond acceptors (Lipinski definition) is 5. The van der Waals surface area contributed by atoms with Gasteiger partial charge in [-0.25, -0.2) is 18.1 Å². The van der Waals surface area contributed by atoms with Gasteiger partial charge in [0.05, 0.1) is 36.3 Å². The first-order chi connectivity index (χ1) is 21.4. The second-order valence-corrected chi connectivity index (χ2v) is 9.89. The highest BCUT2D eigenvalue weighted by Gasteiger charge is 2.33. The van der Waals surface area contributed by atoms with Crippen molar-refractivity contribution in [2.75, 3.05) is 0 Å². The van der Waals surface area contributed by atoms with Crippen LogP contribution in [0.2, 0.25) is 0 Å². The molecule has 9 nitrogen and oxygen atoms in total. The minimum absolute atomic E-state index is 0.0178. The van der Waals surface area contributed by atoms with E-state index in [9.17, 15) is 41.7 Å². The maximum absolute atomic E-state index is 14.6. The summed E-state index contributed by atoms with van der Waals surface area (Å²) >= 11 is 0. The predicted molar refractivity (Wildman–Crippen MR) is 154 cm³/mol. The van der Waals surface area contributed by atoms with E-state index in [2.05, 4.69) is 5.10 Å². The van der Waals surface area contributed by atoms with Gasteiger partial charge in [0.1, 0.15) is 17.3 Å². The lowest BCUT2D eigenvalue weighted by molar-refractivity contribution is -0.387. The first-order valence-corrected chi connectivity index (χ1v) is 13.3. The van der Waals surface area contributed by atoms with Gasteiger partial charge in [0.25, 0.3) is 0 Å². The van der Waals surface area contributed by atoms with Crippen LogP contribution in [0.15, 0.2) is 94.8 Å². The highest BCUT2D eigenvalue weighted by atomic mass is 19.4. The molecule has 14 heteroatoms. The summed E-state index contributed by atoms with van der Waals surface area (Å²) < 4.78 is 71.9. The third kappa shape index (κ3) is 6.64. The van der Waals surface area contributed by atoms with E-state index in [1.165, 1.54) is 77.7 Å². The number of halogens is 5. The quantitative estimate of drug-likeness (QED) is 0.119. The van der Waals surface area contributed by atoms with Crippen LogP contribution in [-0.4, -0.2) is 23.8 Å². The lowest BCUT2D eigenvalue weighted by Crippen LogP contribution is -2.42. The molecule has 230 valence electrons. The van der Waals surface area contributed by atoms with Gasteiger partial charge in [-0.2, -0.15) is 18.3 Å². The van der Waals surface area contributed by atoms with Crippen LogP contribution in [-0.2, 0) is 25.8 Å². The highest BCUT2D eigenvalue weighted by molar-refractivity contribution is 5.71. The molecule has 5 aromatic rings. The third-order valence-corrected chi connectivity index (χ3v) is 6.94. The van der Waals surface area contributed by atoms with Crippen LogP contribution in [0, 0.1) is 21.7 Å². The monoisotopic (exact) mass is 623 g/mol. The molecule has 0 spiro atoms. The SMILES string of the molecule is O=c1c([N+](=O)[O-])c(/C=C/c2cnn(Cc3ccccc3C(F)(F)F)c2)n(Cc2ccccc2F)c(=O)n1Cc1ccccc1F. The molecule has 0 aliphatic heterocycles. The first-order valence-electron chi connectivity index (χ1n) is 13.3. The summed E-state index contributed by atoms with van der Waals surface area (Å²) in [6.45, 7) is -1.39. The van der Waals surface area contributed by atoms with Crippen LogP contribution in [0.25, 0.3) is 12.2 Å². The number of alkyl halides is 3. The lowest BCUT2D eigenvalue weighted by atomic mass is 10.1. The number of benzene rings is 3. The van der Waals surface area contributed by atoms with Crippen molar-refractivity contribution in [3.8, 4) is 0 Å². The van der Waals surface area contributed by atoms with Crippen molar-refractivity contribution in [1.82, 2.24) is 18.9 Å². The van der Waals surface area contributed by atoms with Crippen LogP contribution in [0.1, 0.15) is 33.5 Å². The molecule has 0 aliphatic rings. The molecule has 45 heavy (non-hydrogen) atoms. The van der Waals surface area contributed by atoms with Crippen LogP contribution < -0.4 is 11.2 Å². The molecule has 0 unspecified atom stereocenters. The average Bonchev–Trinajstić information content (AvgIpc) is 3.44. The van der Waals surface area contributed by atoms with Gasteiger partial charge in [0, 0.05) is 22.9 Å². The molecule has 0 saturated heterocycles. The van der Waals surface area contributed by atoms with Crippen molar-refractivity contribution in [3.63, 3.8) is 0 Å². The zero-order valence-electron chi connectivity index (χ0n) is 23.1. The summed E-state index contributed by atoms with van der Waals surface area (Å²) in [5.74, 6) is -1.46. The van der Waals surface area contributed by atoms with E-state index in [1.54, 1.807) is 0 Å². The van der Waals surface area contributed by atoms with Gasteiger partial charge < -0.3 is 0 Å². The molecule has 0 atom stereocenters. The molecule has 0 radical (unpaired) electrons. The summed E-state index contributed by atoms with van der Waals surface area (Å²) in [5, 5.41) is 16.3. The van der Waals surface area contributed by atoms with E-state index < -0.39 is 64.0 Å². The van der Waals surface area contributed by atoms with Crippen LogP contribution in [0.3, 0.4) is 0 Å². The zero-order valence-corrected chi connectivity index (χ0v) is 23.1. The van der Waals surface area contributed by atoms with E-state index in [1.807, 2.05) is 0 Å². The minimum Gasteiger partial charge on any atom is -0.283 e. The molecule has 0 bridgehead atoms. The van der Waals surface area contributed by atoms with Gasteiger partial charge >= 0.3 is 23.1 Å². The average molecular weight is 624 g/mol. The molecule has 2 aromatic heterocycles. The smallest absolute Gasteiger partial charge is 0.283 e. The number of rotatable bonds is 9. The van der Waals surface area contributed by atoms with Gasteiger partial charge in [-0.05, 0) is 35.9 Å². The summed E-state index contributed by atoms with van der Waals surface area (Å²) in [4.78, 5) is 38.2. The molecular weight excluding hydrogens is 601 g/mol. The Kier molecular flexibility index (Phi) is 8.57. The Bertz CT molecular complexity index is 2050. The fraction of sp³-hybridized carbons (Fsp3) is 0.129. The van der Waals surface area contributed by atoms with Crippen LogP contribution >= 0.6 is 0 Å². The minimum atomic E-state index is -4.58. The van der Waals surface area contributed by atoms with E-state index >= 15 is 0 Å². The Hall–Kier alpha value is -5.66. The van der Waals surface area contributed by atoms with E-state index in [0.717, 1.165) is 28.8 Å². The van der Waals surface area contributed by atoms with Crippen molar-refractivity contribution in [2.45, 2.75) is 25.8 Å². The van der Waals surface area contributed by atoms with Gasteiger partial charge in [-0.1, -0.05) is 54.6 Å². The topological polar surface area (TPSA) is 105 Å². The van der Waals surface area contributed by atoms with Gasteiger partial charge in [0.15, 0.2) is 0 Å². The molecule has 0 fully saturated rings. The lowest BCUT2D eigenvalue weighted by Gasteiger charge is -2.15. The van der Waals surface area contributed by atoms with E-state index in [0.29, 0.717) is 4.57 Å². The first kappa shape index (κ1) is 30.8. The third-order valence-electron chi connectivity index (χ3n) is 6.94. The van der Waals surface area contributed by atoms with E-state index in [4.69, 9.17) is 0 Å². The number of aromatic nitrogens is 4. The highest BCUT2D eigenvalue weighted by Crippen LogP contribution is 2.32. The predicted octanol–water partition coefficient (Wildman–Crippen LogP) is 5.73. The van der Waals surface area contributed by atoms with E-state index in [-0.39, 0.29) is 28.8 Å². The van der Waals surface area contributed by atoms with Gasteiger partial charge in [-0.15, -0.1) is 0 Å². The van der Waals surface area contributed by atoms with Gasteiger partial charge in [0.2, 0.25) is 0 Å². The molecule has 3 aromatic carbocycles. The van der Waals surface area contributed by atoms with Crippen molar-refractivity contribution < 1.29 is 26.9 Å². The Morgan fingerprint density at radius 3 is 1.91 bits per heavy atom. The van der Waals surface area contributed by atoms with Crippen molar-refractivity contribution in [2.24, 2.45) is 0 Å². The number of nitrogens with zero attached hydrogens (tertiary/aromatic N) is 5. The molecule has 0 aliphatic carbocycles. The summed E-state index contributed by atoms with van der Waals surface area (Å²) in [6, 6.07) is 15.6. The Balaban J connectivity index is 1.60. The molecule has 5 rings (SSSR count). The Morgan fingerprint density at radius 1 is 0.778 bits per heavy atom. The Labute approximate surface area is 250 Å². The largest absolute Gasteiger partial charge is 0.416 e. The standard InChI is InChI=1S/C31H22F5N5O4/c32-25-11-5-2-8-22(25)18-39-27(28(41(44)45)29(42)40(30(39)43)19-23-9-3-6-12-26(23)33)14-13-20-15-37-38(16-20)17-21-7-1-4-10-24(21)31(34,35)36/h1-16H,17-19H2/b14-13+. The second kappa shape index (κ2) is 12.5. The molecule has 0 amide bonds. The second-order valence-electron chi connectivity index (χ2n) is 9.89. The number of nitro groups is 1. The van der Waals surface area contributed by atoms with Crippen molar-refractivity contribution in [3.05, 3.63) is 161 Å². The summed E-state index contributed by atoms with van der Waals surface area (Å²) in [7, 11) is 0. The fourth-order valence-corrected chi connectivity index (χ4v) is 4.76. The Morgan fingerprint density at radius 2 is 1.33 bits per heavy atom. The molecular formula is C31H22F5N5O4. The zero-order chi connectivity index (χ0) is 32.3. The van der Waals surface area contributed by atoms with Crippen LogP contribution in [0.4, 0.5) is 27.6 Å². The molecule has 0 saturated carbocycles. The number of hydrogen-bond donors (Lipinski definition) is 0. The maximum Gasteiger partial charge on any atom is 0.416 e. The summed E-state index contributed by atoms with van der Waals surface area (Å²) in [5.41, 5.74) is -4.56.